The highest BCUT2D eigenvalue weighted by Crippen LogP contribution is 2.32. The highest BCUT2D eigenvalue weighted by Gasteiger charge is 2.41. The fourth-order valence-electron chi connectivity index (χ4n) is 3.62. The van der Waals surface area contributed by atoms with Crippen LogP contribution in [0.25, 0.3) is 0 Å². The van der Waals surface area contributed by atoms with Crippen LogP contribution in [-0.2, 0) is 15.9 Å². The zero-order valence-corrected chi connectivity index (χ0v) is 16.5. The zero-order valence-electron chi connectivity index (χ0n) is 16.5. The first-order chi connectivity index (χ1) is 12.3. The first-order valence-electron chi connectivity index (χ1n) is 9.62. The van der Waals surface area contributed by atoms with Gasteiger partial charge in [-0.1, -0.05) is 6.92 Å². The van der Waals surface area contributed by atoms with Crippen molar-refractivity contribution in [3.8, 4) is 0 Å². The summed E-state index contributed by atoms with van der Waals surface area (Å²) in [4.78, 5) is 21.0. The van der Waals surface area contributed by atoms with Crippen molar-refractivity contribution >= 4 is 11.9 Å². The van der Waals surface area contributed by atoms with E-state index in [1.807, 2.05) is 27.0 Å². The molecule has 1 spiro atoms. The molecule has 1 aromatic heterocycles. The van der Waals surface area contributed by atoms with Gasteiger partial charge < -0.3 is 19.3 Å². The second-order valence-electron chi connectivity index (χ2n) is 8.30. The maximum atomic E-state index is 12.3. The number of morpholine rings is 1. The molecule has 0 radical (unpaired) electrons. The lowest BCUT2D eigenvalue weighted by atomic mass is 9.89. The Morgan fingerprint density at radius 2 is 2.04 bits per heavy atom. The van der Waals surface area contributed by atoms with Crippen molar-refractivity contribution in [1.29, 1.82) is 0 Å². The van der Waals surface area contributed by atoms with E-state index in [4.69, 9.17) is 9.47 Å². The van der Waals surface area contributed by atoms with Gasteiger partial charge in [0.1, 0.15) is 11.4 Å². The third kappa shape index (κ3) is 4.47. The van der Waals surface area contributed by atoms with Gasteiger partial charge >= 0.3 is 6.09 Å². The van der Waals surface area contributed by atoms with E-state index in [1.165, 1.54) is 5.56 Å². The number of aryl methyl sites for hydroxylation is 1. The van der Waals surface area contributed by atoms with E-state index in [1.54, 1.807) is 4.90 Å². The predicted octanol–water partition coefficient (Wildman–Crippen LogP) is 3.25. The van der Waals surface area contributed by atoms with Gasteiger partial charge in [0.25, 0.3) is 0 Å². The van der Waals surface area contributed by atoms with Gasteiger partial charge in [-0.25, -0.2) is 9.78 Å². The van der Waals surface area contributed by atoms with E-state index in [-0.39, 0.29) is 11.7 Å². The summed E-state index contributed by atoms with van der Waals surface area (Å²) in [6.07, 6.45) is 4.33. The number of amides is 1. The molecule has 0 aliphatic carbocycles. The number of hydrogen-bond donors (Lipinski definition) is 0. The van der Waals surface area contributed by atoms with Crippen molar-refractivity contribution in [1.82, 2.24) is 9.88 Å². The molecule has 3 heterocycles. The Kier molecular flexibility index (Phi) is 5.42. The molecule has 1 aromatic rings. The molecule has 6 heteroatoms. The van der Waals surface area contributed by atoms with Crippen LogP contribution in [0, 0.1) is 0 Å². The molecular formula is C20H31N3O3. The van der Waals surface area contributed by atoms with Crippen LogP contribution in [-0.4, -0.2) is 60.0 Å². The topological polar surface area (TPSA) is 54.9 Å². The lowest BCUT2D eigenvalue weighted by Gasteiger charge is -2.47. The molecule has 2 fully saturated rings. The van der Waals surface area contributed by atoms with Gasteiger partial charge in [0.15, 0.2) is 0 Å². The fourth-order valence-corrected chi connectivity index (χ4v) is 3.62. The number of hydrogen-bond acceptors (Lipinski definition) is 5. The van der Waals surface area contributed by atoms with E-state index in [0.29, 0.717) is 19.7 Å². The summed E-state index contributed by atoms with van der Waals surface area (Å²) in [6, 6.07) is 4.24. The summed E-state index contributed by atoms with van der Waals surface area (Å²) < 4.78 is 11.7. The molecule has 2 aliphatic rings. The second kappa shape index (κ2) is 7.43. The number of likely N-dealkylation sites (tertiary alicyclic amines) is 1. The number of aromatic nitrogens is 1. The van der Waals surface area contributed by atoms with Gasteiger partial charge in [-0.3, -0.25) is 0 Å². The van der Waals surface area contributed by atoms with Crippen molar-refractivity contribution < 1.29 is 14.3 Å². The number of carbonyl (C=O) groups excluding carboxylic acids is 1. The van der Waals surface area contributed by atoms with Crippen LogP contribution in [0.15, 0.2) is 18.3 Å². The van der Waals surface area contributed by atoms with E-state index < -0.39 is 5.60 Å². The minimum atomic E-state index is -0.458. The lowest BCUT2D eigenvalue weighted by molar-refractivity contribution is -0.0913. The molecule has 0 saturated carbocycles. The fraction of sp³-hybridized carbons (Fsp3) is 0.700. The smallest absolute Gasteiger partial charge is 0.410 e. The Morgan fingerprint density at radius 3 is 2.69 bits per heavy atom. The SMILES string of the molecule is CCc1ccnc(N2CCOC3(CCN(C(=O)OC(C)(C)C)CC3)C2)c1. The Morgan fingerprint density at radius 1 is 1.31 bits per heavy atom. The number of rotatable bonds is 2. The Balaban J connectivity index is 1.62. The molecule has 2 saturated heterocycles. The van der Waals surface area contributed by atoms with Crippen LogP contribution in [0.4, 0.5) is 10.6 Å². The normalized spacial score (nSPS) is 20.3. The van der Waals surface area contributed by atoms with E-state index >= 15 is 0 Å². The highest BCUT2D eigenvalue weighted by molar-refractivity contribution is 5.68. The van der Waals surface area contributed by atoms with Crippen LogP contribution < -0.4 is 4.90 Å². The van der Waals surface area contributed by atoms with Gasteiger partial charge in [0, 0.05) is 32.4 Å². The first-order valence-corrected chi connectivity index (χ1v) is 9.62. The summed E-state index contributed by atoms with van der Waals surface area (Å²) >= 11 is 0. The molecule has 144 valence electrons. The van der Waals surface area contributed by atoms with E-state index in [0.717, 1.165) is 38.2 Å². The number of ether oxygens (including phenoxy) is 2. The molecule has 0 bridgehead atoms. The average Bonchev–Trinajstić information content (AvgIpc) is 2.61. The number of piperidine rings is 1. The Hall–Kier alpha value is -1.82. The van der Waals surface area contributed by atoms with Gasteiger partial charge in [-0.15, -0.1) is 0 Å². The molecular weight excluding hydrogens is 330 g/mol. The van der Waals surface area contributed by atoms with Gasteiger partial charge in [-0.05, 0) is 57.7 Å². The minimum Gasteiger partial charge on any atom is -0.444 e. The Labute approximate surface area is 156 Å². The van der Waals surface area contributed by atoms with Crippen LogP contribution in [0.2, 0.25) is 0 Å². The van der Waals surface area contributed by atoms with Crippen LogP contribution in [0.5, 0.6) is 0 Å². The third-order valence-electron chi connectivity index (χ3n) is 5.12. The maximum Gasteiger partial charge on any atom is 0.410 e. The van der Waals surface area contributed by atoms with Crippen molar-refractivity contribution in [3.63, 3.8) is 0 Å². The number of pyridine rings is 1. The average molecular weight is 361 g/mol. The van der Waals surface area contributed by atoms with Crippen LogP contribution in [0.1, 0.15) is 46.1 Å². The summed E-state index contributed by atoms with van der Waals surface area (Å²) in [7, 11) is 0. The molecule has 0 atom stereocenters. The molecule has 1 amide bonds. The molecule has 0 N–H and O–H groups in total. The molecule has 0 unspecified atom stereocenters. The standard InChI is InChI=1S/C20H31N3O3/c1-5-16-6-9-21-17(14-16)23-12-13-25-20(15-23)7-10-22(11-8-20)18(24)26-19(2,3)4/h6,9,14H,5,7-8,10-13,15H2,1-4H3. The Bertz CT molecular complexity index is 633. The lowest BCUT2D eigenvalue weighted by Crippen LogP contribution is -2.58. The molecule has 26 heavy (non-hydrogen) atoms. The quantitative estimate of drug-likeness (QED) is 0.809. The highest BCUT2D eigenvalue weighted by atomic mass is 16.6. The van der Waals surface area contributed by atoms with Crippen molar-refractivity contribution in [2.45, 2.75) is 58.2 Å². The van der Waals surface area contributed by atoms with Crippen LogP contribution in [0.3, 0.4) is 0 Å². The van der Waals surface area contributed by atoms with Gasteiger partial charge in [-0.2, -0.15) is 0 Å². The molecule has 6 nitrogen and oxygen atoms in total. The summed E-state index contributed by atoms with van der Waals surface area (Å²) in [6.45, 7) is 11.6. The predicted molar refractivity (Wildman–Crippen MR) is 102 cm³/mol. The van der Waals surface area contributed by atoms with Crippen LogP contribution >= 0.6 is 0 Å². The van der Waals surface area contributed by atoms with Crippen molar-refractivity contribution in [3.05, 3.63) is 23.9 Å². The number of carbonyl (C=O) groups is 1. The zero-order chi connectivity index (χ0) is 18.8. The monoisotopic (exact) mass is 361 g/mol. The van der Waals surface area contributed by atoms with Gasteiger partial charge in [0.05, 0.1) is 12.2 Å². The maximum absolute atomic E-state index is 12.3. The number of anilines is 1. The van der Waals surface area contributed by atoms with Gasteiger partial charge in [0.2, 0.25) is 0 Å². The summed E-state index contributed by atoms with van der Waals surface area (Å²) in [5.74, 6) is 1.03. The van der Waals surface area contributed by atoms with E-state index in [9.17, 15) is 4.79 Å². The minimum absolute atomic E-state index is 0.194. The molecule has 3 rings (SSSR count). The van der Waals surface area contributed by atoms with Crippen molar-refractivity contribution in [2.75, 3.05) is 37.7 Å². The first kappa shape index (κ1) is 19.0. The van der Waals surface area contributed by atoms with E-state index in [2.05, 4.69) is 28.9 Å². The molecule has 0 aromatic carbocycles. The summed E-state index contributed by atoms with van der Waals surface area (Å²) in [5, 5.41) is 0. The summed E-state index contributed by atoms with van der Waals surface area (Å²) in [5.41, 5.74) is 0.649. The number of nitrogens with zero attached hydrogens (tertiary/aromatic N) is 3. The second-order valence-corrected chi connectivity index (χ2v) is 8.30. The third-order valence-corrected chi connectivity index (χ3v) is 5.12. The molecule has 2 aliphatic heterocycles. The van der Waals surface area contributed by atoms with Crippen molar-refractivity contribution in [2.24, 2.45) is 0 Å². The largest absolute Gasteiger partial charge is 0.444 e.